The van der Waals surface area contributed by atoms with Gasteiger partial charge in [0.2, 0.25) is 5.76 Å². The minimum absolute atomic E-state index is 0.0339. The van der Waals surface area contributed by atoms with Crippen LogP contribution in [0, 0.1) is 0 Å². The zero-order valence-corrected chi connectivity index (χ0v) is 20.4. The average Bonchev–Trinajstić information content (AvgIpc) is 3.16. The van der Waals surface area contributed by atoms with Gasteiger partial charge in [-0.05, 0) is 6.42 Å². The molecule has 0 aromatic rings. The van der Waals surface area contributed by atoms with E-state index in [1.165, 1.54) is 51.4 Å². The van der Waals surface area contributed by atoms with Crippen molar-refractivity contribution in [3.63, 3.8) is 0 Å². The molecular formula is C24H44O10. The fourth-order valence-corrected chi connectivity index (χ4v) is 3.46. The molecule has 0 amide bonds. The Morgan fingerprint density at radius 3 is 1.97 bits per heavy atom. The molecule has 1 heterocycles. The lowest BCUT2D eigenvalue weighted by atomic mass is 10.1. The van der Waals surface area contributed by atoms with Gasteiger partial charge in [0, 0.05) is 6.61 Å². The Balaban J connectivity index is 2.30. The Labute approximate surface area is 202 Å². The van der Waals surface area contributed by atoms with Crippen LogP contribution in [0.4, 0.5) is 0 Å². The Morgan fingerprint density at radius 1 is 0.794 bits per heavy atom. The topological polar surface area (TPSA) is 155 Å². The van der Waals surface area contributed by atoms with E-state index in [1.807, 2.05) is 0 Å². The second-order valence-electron chi connectivity index (χ2n) is 8.64. The Kier molecular flexibility index (Phi) is 17.0. The number of aliphatic hydroxyl groups excluding tert-OH is 5. The molecule has 0 saturated heterocycles. The molecule has 10 nitrogen and oxygen atoms in total. The van der Waals surface area contributed by atoms with Gasteiger partial charge in [-0.15, -0.1) is 0 Å². The summed E-state index contributed by atoms with van der Waals surface area (Å²) in [5.41, 5.74) is 0. The van der Waals surface area contributed by atoms with Crippen molar-refractivity contribution >= 4 is 5.97 Å². The minimum Gasteiger partial charge on any atom is -0.487 e. The molecule has 2 unspecified atom stereocenters. The predicted octanol–water partition coefficient (Wildman–Crippen LogP) is 1.16. The lowest BCUT2D eigenvalue weighted by Gasteiger charge is -2.20. The zero-order valence-electron chi connectivity index (χ0n) is 20.4. The number of hydrogen-bond acceptors (Lipinski definition) is 10. The minimum atomic E-state index is -1.45. The van der Waals surface area contributed by atoms with Crippen LogP contribution < -0.4 is 0 Å². The van der Waals surface area contributed by atoms with Crippen LogP contribution in [0.2, 0.25) is 0 Å². The van der Waals surface area contributed by atoms with Gasteiger partial charge in [-0.2, -0.15) is 0 Å². The van der Waals surface area contributed by atoms with Gasteiger partial charge in [0.1, 0.15) is 31.5 Å². The van der Waals surface area contributed by atoms with Gasteiger partial charge in [0.05, 0.1) is 19.8 Å². The summed E-state index contributed by atoms with van der Waals surface area (Å²) >= 11 is 0. The summed E-state index contributed by atoms with van der Waals surface area (Å²) in [6.45, 7) is 0.855. The molecule has 0 aromatic heterocycles. The molecule has 200 valence electrons. The Bertz CT molecular complexity index is 568. The van der Waals surface area contributed by atoms with E-state index in [1.54, 1.807) is 0 Å². The second kappa shape index (κ2) is 18.8. The van der Waals surface area contributed by atoms with Gasteiger partial charge < -0.3 is 44.5 Å². The molecule has 10 heteroatoms. The van der Waals surface area contributed by atoms with Gasteiger partial charge in [0.15, 0.2) is 11.9 Å². The van der Waals surface area contributed by atoms with E-state index in [2.05, 4.69) is 6.92 Å². The van der Waals surface area contributed by atoms with Crippen molar-refractivity contribution in [2.45, 2.75) is 95.5 Å². The maximum atomic E-state index is 12.0. The number of esters is 1. The molecule has 1 rings (SSSR count). The lowest BCUT2D eigenvalue weighted by Crippen LogP contribution is -2.33. The summed E-state index contributed by atoms with van der Waals surface area (Å²) < 4.78 is 21.1. The van der Waals surface area contributed by atoms with E-state index in [4.69, 9.17) is 24.1 Å². The van der Waals surface area contributed by atoms with E-state index in [-0.39, 0.29) is 24.7 Å². The van der Waals surface area contributed by atoms with Crippen molar-refractivity contribution in [2.24, 2.45) is 0 Å². The van der Waals surface area contributed by atoms with Crippen LogP contribution in [0.25, 0.3) is 0 Å². The number of carbonyl (C=O) groups is 1. The van der Waals surface area contributed by atoms with Crippen molar-refractivity contribution in [2.75, 3.05) is 39.6 Å². The van der Waals surface area contributed by atoms with Gasteiger partial charge >= 0.3 is 5.97 Å². The van der Waals surface area contributed by atoms with Gasteiger partial charge in [0.25, 0.3) is 0 Å². The third-order valence-corrected chi connectivity index (χ3v) is 5.45. The van der Waals surface area contributed by atoms with Crippen molar-refractivity contribution in [1.82, 2.24) is 0 Å². The van der Waals surface area contributed by atoms with Gasteiger partial charge in [-0.25, -0.2) is 4.79 Å². The average molecular weight is 493 g/mol. The maximum absolute atomic E-state index is 12.0. The summed E-state index contributed by atoms with van der Waals surface area (Å²) in [6.07, 6.45) is 7.25. The molecule has 0 aromatic carbocycles. The highest BCUT2D eigenvalue weighted by Crippen LogP contribution is 2.27. The monoisotopic (exact) mass is 492 g/mol. The third kappa shape index (κ3) is 12.3. The quantitative estimate of drug-likeness (QED) is 0.110. The van der Waals surface area contributed by atoms with E-state index < -0.39 is 50.2 Å². The maximum Gasteiger partial charge on any atom is 0.378 e. The molecule has 34 heavy (non-hydrogen) atoms. The van der Waals surface area contributed by atoms with Crippen molar-refractivity contribution in [3.8, 4) is 0 Å². The summed E-state index contributed by atoms with van der Waals surface area (Å²) in [7, 11) is 0. The molecule has 1 aliphatic rings. The van der Waals surface area contributed by atoms with E-state index in [0.29, 0.717) is 6.61 Å². The first-order chi connectivity index (χ1) is 16.4. The molecule has 1 aliphatic heterocycles. The summed E-state index contributed by atoms with van der Waals surface area (Å²) in [6, 6.07) is 0. The first-order valence-electron chi connectivity index (χ1n) is 12.5. The summed E-state index contributed by atoms with van der Waals surface area (Å²) in [5, 5.41) is 47.6. The summed E-state index contributed by atoms with van der Waals surface area (Å²) in [5.74, 6) is -1.52. The van der Waals surface area contributed by atoms with Crippen molar-refractivity contribution in [3.05, 3.63) is 11.5 Å². The molecule has 4 atom stereocenters. The largest absolute Gasteiger partial charge is 0.487 e. The number of carbonyl (C=O) groups excluding carboxylic acids is 1. The third-order valence-electron chi connectivity index (χ3n) is 5.45. The molecule has 0 fully saturated rings. The number of aliphatic hydroxyl groups is 5. The number of rotatable bonds is 22. The molecule has 0 radical (unpaired) electrons. The molecule has 0 bridgehead atoms. The molecule has 0 aliphatic carbocycles. The van der Waals surface area contributed by atoms with Crippen LogP contribution in [-0.4, -0.2) is 95.6 Å². The molecule has 0 saturated carbocycles. The lowest BCUT2D eigenvalue weighted by molar-refractivity contribution is -0.149. The van der Waals surface area contributed by atoms with E-state index >= 15 is 0 Å². The van der Waals surface area contributed by atoms with E-state index in [0.717, 1.165) is 12.8 Å². The second-order valence-corrected chi connectivity index (χ2v) is 8.64. The van der Waals surface area contributed by atoms with Crippen LogP contribution in [0.5, 0.6) is 0 Å². The number of hydrogen-bond donors (Lipinski definition) is 5. The van der Waals surface area contributed by atoms with Crippen LogP contribution in [-0.2, 0) is 23.7 Å². The fourth-order valence-electron chi connectivity index (χ4n) is 3.46. The fraction of sp³-hybridized carbons (Fsp3) is 0.875. The normalized spacial score (nSPS) is 18.6. The Hall–Kier alpha value is -1.43. The molecular weight excluding hydrogens is 448 g/mol. The Morgan fingerprint density at radius 2 is 1.38 bits per heavy atom. The number of ether oxygens (including phenoxy) is 4. The number of unbranched alkanes of at least 4 members (excludes halogenated alkanes) is 9. The highest BCUT2D eigenvalue weighted by atomic mass is 16.6. The summed E-state index contributed by atoms with van der Waals surface area (Å²) in [4.78, 5) is 12.0. The van der Waals surface area contributed by atoms with Gasteiger partial charge in [-0.3, -0.25) is 0 Å². The molecule has 0 spiro atoms. The van der Waals surface area contributed by atoms with Crippen LogP contribution in [0.15, 0.2) is 11.5 Å². The predicted molar refractivity (Wildman–Crippen MR) is 124 cm³/mol. The smallest absolute Gasteiger partial charge is 0.378 e. The van der Waals surface area contributed by atoms with Gasteiger partial charge in [-0.1, -0.05) is 64.7 Å². The van der Waals surface area contributed by atoms with Crippen LogP contribution >= 0.6 is 0 Å². The van der Waals surface area contributed by atoms with Crippen LogP contribution in [0.3, 0.4) is 0 Å². The van der Waals surface area contributed by atoms with Crippen molar-refractivity contribution in [1.29, 1.82) is 0 Å². The standard InChI is InChI=1S/C24H44O10/c1-2-3-4-5-6-7-8-9-10-11-12-31-15-19(28)17-32-22-21(20(29)14-26)34-24(30)23(22)33-16-18(27)13-25/h18-21,25-29H,2-17H2,1H3/t18?,19?,20-,21+/m0/s1. The zero-order chi connectivity index (χ0) is 25.2. The molecule has 5 N–H and O–H groups in total. The number of cyclic esters (lactones) is 1. The first-order valence-corrected chi connectivity index (χ1v) is 12.5. The van der Waals surface area contributed by atoms with Crippen molar-refractivity contribution < 1.29 is 49.3 Å². The van der Waals surface area contributed by atoms with Crippen LogP contribution in [0.1, 0.15) is 71.1 Å². The van der Waals surface area contributed by atoms with E-state index in [9.17, 15) is 25.2 Å². The SMILES string of the molecule is CCCCCCCCCCCCOCC(O)COC1=C(OCC(O)CO)C(=O)O[C@@H]1[C@@H](O)CO. The first kappa shape index (κ1) is 30.6. The highest BCUT2D eigenvalue weighted by molar-refractivity contribution is 5.89. The highest BCUT2D eigenvalue weighted by Gasteiger charge is 2.42.